The monoisotopic (exact) mass is 444 g/mol. The predicted molar refractivity (Wildman–Crippen MR) is 124 cm³/mol. The van der Waals surface area contributed by atoms with Gasteiger partial charge in [-0.05, 0) is 42.0 Å². The molecule has 1 atom stereocenters. The van der Waals surface area contributed by atoms with Crippen LogP contribution in [0.4, 0.5) is 0 Å². The number of likely N-dealkylation sites (tertiary alicyclic amines) is 1. The number of rotatable bonds is 9. The van der Waals surface area contributed by atoms with Gasteiger partial charge >= 0.3 is 0 Å². The second kappa shape index (κ2) is 11.3. The SMILES string of the molecule is CN=C(NCc1cccc(S(=O)(=O)NCCOC)c1)N1CCC(Cc2ccccc2)C1. The molecule has 1 aliphatic rings. The third-order valence-corrected chi connectivity index (χ3v) is 6.88. The van der Waals surface area contributed by atoms with Gasteiger partial charge in [-0.15, -0.1) is 0 Å². The van der Waals surface area contributed by atoms with Gasteiger partial charge in [0, 0.05) is 40.3 Å². The third kappa shape index (κ3) is 6.78. The fourth-order valence-electron chi connectivity index (χ4n) is 3.84. The number of ether oxygens (including phenoxy) is 1. The summed E-state index contributed by atoms with van der Waals surface area (Å²) in [5.74, 6) is 1.45. The fourth-order valence-corrected chi connectivity index (χ4v) is 4.92. The molecule has 1 saturated heterocycles. The first kappa shape index (κ1) is 23.2. The maximum Gasteiger partial charge on any atom is 0.240 e. The Morgan fingerprint density at radius 2 is 1.94 bits per heavy atom. The van der Waals surface area contributed by atoms with Crippen molar-refractivity contribution in [3.8, 4) is 0 Å². The number of methoxy groups -OCH3 is 1. The average Bonchev–Trinajstić information content (AvgIpc) is 3.23. The van der Waals surface area contributed by atoms with Crippen LogP contribution in [0.5, 0.6) is 0 Å². The summed E-state index contributed by atoms with van der Waals surface area (Å²) in [5.41, 5.74) is 2.25. The Labute approximate surface area is 185 Å². The maximum absolute atomic E-state index is 12.4. The molecule has 1 unspecified atom stereocenters. The van der Waals surface area contributed by atoms with Gasteiger partial charge in [-0.25, -0.2) is 13.1 Å². The van der Waals surface area contributed by atoms with Crippen molar-refractivity contribution in [1.82, 2.24) is 14.9 Å². The van der Waals surface area contributed by atoms with Crippen LogP contribution in [0.1, 0.15) is 17.5 Å². The van der Waals surface area contributed by atoms with Crippen molar-refractivity contribution in [1.29, 1.82) is 0 Å². The van der Waals surface area contributed by atoms with E-state index in [4.69, 9.17) is 4.74 Å². The van der Waals surface area contributed by atoms with Crippen molar-refractivity contribution in [3.05, 3.63) is 65.7 Å². The minimum Gasteiger partial charge on any atom is -0.383 e. The largest absolute Gasteiger partial charge is 0.383 e. The maximum atomic E-state index is 12.4. The van der Waals surface area contributed by atoms with Crippen LogP contribution in [0.25, 0.3) is 0 Å². The molecule has 1 heterocycles. The van der Waals surface area contributed by atoms with Crippen molar-refractivity contribution in [2.45, 2.75) is 24.3 Å². The predicted octanol–water partition coefficient (Wildman–Crippen LogP) is 2.25. The number of benzene rings is 2. The number of guanidine groups is 1. The number of nitrogens with one attached hydrogen (secondary N) is 2. The molecule has 0 saturated carbocycles. The van der Waals surface area contributed by atoms with Crippen molar-refractivity contribution >= 4 is 16.0 Å². The molecule has 0 bridgehead atoms. The van der Waals surface area contributed by atoms with Gasteiger partial charge in [0.1, 0.15) is 0 Å². The fraction of sp³-hybridized carbons (Fsp3) is 0.435. The molecule has 168 valence electrons. The Balaban J connectivity index is 1.55. The average molecular weight is 445 g/mol. The molecule has 0 aromatic heterocycles. The van der Waals surface area contributed by atoms with E-state index >= 15 is 0 Å². The van der Waals surface area contributed by atoms with E-state index in [1.807, 2.05) is 12.1 Å². The van der Waals surface area contributed by atoms with Gasteiger partial charge in [-0.1, -0.05) is 42.5 Å². The smallest absolute Gasteiger partial charge is 0.240 e. The minimum absolute atomic E-state index is 0.243. The molecule has 31 heavy (non-hydrogen) atoms. The molecule has 1 aliphatic heterocycles. The lowest BCUT2D eigenvalue weighted by Gasteiger charge is -2.22. The zero-order valence-electron chi connectivity index (χ0n) is 18.3. The van der Waals surface area contributed by atoms with Crippen LogP contribution in [-0.2, 0) is 27.7 Å². The van der Waals surface area contributed by atoms with Crippen LogP contribution in [0.3, 0.4) is 0 Å². The molecule has 2 N–H and O–H groups in total. The van der Waals surface area contributed by atoms with Gasteiger partial charge < -0.3 is 15.0 Å². The lowest BCUT2D eigenvalue weighted by molar-refractivity contribution is 0.204. The Morgan fingerprint density at radius 1 is 1.16 bits per heavy atom. The summed E-state index contributed by atoms with van der Waals surface area (Å²) >= 11 is 0. The van der Waals surface area contributed by atoms with E-state index in [9.17, 15) is 8.42 Å². The first-order valence-corrected chi connectivity index (χ1v) is 12.1. The topological polar surface area (TPSA) is 83.0 Å². The summed E-state index contributed by atoms with van der Waals surface area (Å²) in [6.45, 7) is 3.01. The van der Waals surface area contributed by atoms with Crippen molar-refractivity contribution in [3.63, 3.8) is 0 Å². The molecular formula is C23H32N4O3S. The van der Waals surface area contributed by atoms with Crippen LogP contribution < -0.4 is 10.0 Å². The molecule has 2 aromatic carbocycles. The Bertz CT molecular complexity index is 964. The number of hydrogen-bond acceptors (Lipinski definition) is 4. The molecular weight excluding hydrogens is 412 g/mol. The molecule has 3 rings (SSSR count). The molecule has 7 nitrogen and oxygen atoms in total. The van der Waals surface area contributed by atoms with Gasteiger partial charge in [0.15, 0.2) is 5.96 Å². The Morgan fingerprint density at radius 3 is 2.68 bits per heavy atom. The van der Waals surface area contributed by atoms with E-state index in [-0.39, 0.29) is 11.4 Å². The molecule has 1 fully saturated rings. The molecule has 2 aromatic rings. The van der Waals surface area contributed by atoms with E-state index < -0.39 is 10.0 Å². The van der Waals surface area contributed by atoms with Crippen LogP contribution in [0, 0.1) is 5.92 Å². The summed E-state index contributed by atoms with van der Waals surface area (Å²) in [7, 11) is -0.226. The summed E-state index contributed by atoms with van der Waals surface area (Å²) in [4.78, 5) is 6.96. The zero-order valence-corrected chi connectivity index (χ0v) is 19.1. The van der Waals surface area contributed by atoms with E-state index in [1.54, 1.807) is 25.2 Å². The van der Waals surface area contributed by atoms with Crippen LogP contribution in [0.15, 0.2) is 64.5 Å². The molecule has 8 heteroatoms. The number of aliphatic imine (C=N–C) groups is 1. The van der Waals surface area contributed by atoms with E-state index in [1.165, 1.54) is 12.7 Å². The summed E-state index contributed by atoms with van der Waals surface area (Å²) < 4.78 is 32.3. The van der Waals surface area contributed by atoms with Gasteiger partial charge in [-0.3, -0.25) is 4.99 Å². The highest BCUT2D eigenvalue weighted by Gasteiger charge is 2.25. The molecule has 0 spiro atoms. The van der Waals surface area contributed by atoms with Gasteiger partial charge in [0.05, 0.1) is 11.5 Å². The van der Waals surface area contributed by atoms with Crippen molar-refractivity contribution in [2.75, 3.05) is 40.4 Å². The van der Waals surface area contributed by atoms with E-state index in [2.05, 4.69) is 44.2 Å². The second-order valence-corrected chi connectivity index (χ2v) is 9.50. The molecule has 0 amide bonds. The first-order valence-electron chi connectivity index (χ1n) is 10.6. The first-order chi connectivity index (χ1) is 15.0. The van der Waals surface area contributed by atoms with E-state index in [0.717, 1.165) is 37.5 Å². The summed E-state index contributed by atoms with van der Waals surface area (Å²) in [6.07, 6.45) is 2.21. The quantitative estimate of drug-likeness (QED) is 0.352. The summed E-state index contributed by atoms with van der Waals surface area (Å²) in [5, 5.41) is 3.38. The van der Waals surface area contributed by atoms with Crippen LogP contribution in [0.2, 0.25) is 0 Å². The standard InChI is InChI=1S/C23H32N4O3S/c1-24-23(27-13-11-21(18-27)15-19-7-4-3-5-8-19)25-17-20-9-6-10-22(16-20)31(28,29)26-12-14-30-2/h3-10,16,21,26H,11-15,17-18H2,1-2H3,(H,24,25). The lowest BCUT2D eigenvalue weighted by Crippen LogP contribution is -2.39. The lowest BCUT2D eigenvalue weighted by atomic mass is 9.99. The van der Waals surface area contributed by atoms with Gasteiger partial charge in [0.2, 0.25) is 10.0 Å². The highest BCUT2D eigenvalue weighted by atomic mass is 32.2. The summed E-state index contributed by atoms with van der Waals surface area (Å²) in [6, 6.07) is 17.6. The zero-order chi connectivity index (χ0) is 22.1. The van der Waals surface area contributed by atoms with Crippen LogP contribution in [-0.4, -0.2) is 59.7 Å². The van der Waals surface area contributed by atoms with Crippen LogP contribution >= 0.6 is 0 Å². The highest BCUT2D eigenvalue weighted by molar-refractivity contribution is 7.89. The second-order valence-electron chi connectivity index (χ2n) is 7.73. The normalized spacial score (nSPS) is 17.2. The molecule has 0 aliphatic carbocycles. The molecule has 0 radical (unpaired) electrons. The highest BCUT2D eigenvalue weighted by Crippen LogP contribution is 2.21. The van der Waals surface area contributed by atoms with E-state index in [0.29, 0.717) is 19.1 Å². The minimum atomic E-state index is -3.55. The van der Waals surface area contributed by atoms with Gasteiger partial charge in [0.25, 0.3) is 0 Å². The van der Waals surface area contributed by atoms with Crippen molar-refractivity contribution < 1.29 is 13.2 Å². The van der Waals surface area contributed by atoms with Gasteiger partial charge in [-0.2, -0.15) is 0 Å². The Hall–Kier alpha value is -2.42. The third-order valence-electron chi connectivity index (χ3n) is 5.42. The number of sulfonamides is 1. The van der Waals surface area contributed by atoms with Crippen molar-refractivity contribution in [2.24, 2.45) is 10.9 Å². The number of nitrogens with zero attached hydrogens (tertiary/aromatic N) is 2. The Kier molecular flexibility index (Phi) is 8.45. The number of hydrogen-bond donors (Lipinski definition) is 2.